The van der Waals surface area contributed by atoms with Crippen LogP contribution in [0.25, 0.3) is 23.1 Å². The number of nitrogens with zero attached hydrogens (tertiary/aromatic N) is 3. The lowest BCUT2D eigenvalue weighted by atomic mass is 9.93. The summed E-state index contributed by atoms with van der Waals surface area (Å²) in [6.07, 6.45) is 1.57. The summed E-state index contributed by atoms with van der Waals surface area (Å²) in [6, 6.07) is 21.5. The van der Waals surface area contributed by atoms with Gasteiger partial charge in [0.1, 0.15) is 17.3 Å². The van der Waals surface area contributed by atoms with Crippen LogP contribution in [-0.4, -0.2) is 22.1 Å². The number of fused-ring (bicyclic) bond motifs is 1. The Balaban J connectivity index is 1.52. The molecule has 0 saturated heterocycles. The summed E-state index contributed by atoms with van der Waals surface area (Å²) in [5, 5.41) is 11.1. The van der Waals surface area contributed by atoms with Gasteiger partial charge in [0.05, 0.1) is 33.4 Å². The van der Waals surface area contributed by atoms with E-state index < -0.39 is 28.3 Å². The maximum Gasteiger partial charge on any atom is 0.338 e. The minimum absolute atomic E-state index is 0.0683. The third-order valence-electron chi connectivity index (χ3n) is 6.89. The Labute approximate surface area is 261 Å². The van der Waals surface area contributed by atoms with E-state index in [0.29, 0.717) is 43.2 Å². The van der Waals surface area contributed by atoms with Gasteiger partial charge in [0.15, 0.2) is 4.80 Å². The lowest BCUT2D eigenvalue weighted by Gasteiger charge is -2.25. The molecular weight excluding hydrogens is 653 g/mol. The number of carbonyl (C=O) groups is 1. The van der Waals surface area contributed by atoms with Crippen molar-refractivity contribution in [2.75, 3.05) is 6.61 Å². The molecule has 2 aromatic heterocycles. The van der Waals surface area contributed by atoms with Gasteiger partial charge in [0, 0.05) is 33.8 Å². The van der Waals surface area contributed by atoms with Crippen molar-refractivity contribution >= 4 is 50.7 Å². The van der Waals surface area contributed by atoms with Crippen LogP contribution >= 0.6 is 27.3 Å². The summed E-state index contributed by atoms with van der Waals surface area (Å²) in [7, 11) is 0. The fourth-order valence-corrected chi connectivity index (χ4v) is 6.47. The zero-order chi connectivity index (χ0) is 31.0. The SMILES string of the molecule is CCOC(=O)C1=C(c2ccccc2)N=c2s/c(=C\c3ccc(-c4ccc([N+](=O)[O-])cc4Br)o3)c(=O)n2C1c1ccc(F)cc1. The maximum atomic E-state index is 14.0. The van der Waals surface area contributed by atoms with Gasteiger partial charge >= 0.3 is 5.97 Å². The molecule has 0 radical (unpaired) electrons. The van der Waals surface area contributed by atoms with Crippen molar-refractivity contribution < 1.29 is 23.3 Å². The predicted octanol–water partition coefficient (Wildman–Crippen LogP) is 6.01. The molecule has 1 atom stereocenters. The van der Waals surface area contributed by atoms with Gasteiger partial charge in [-0.2, -0.15) is 0 Å². The number of furan rings is 1. The van der Waals surface area contributed by atoms with Gasteiger partial charge in [0.2, 0.25) is 0 Å². The van der Waals surface area contributed by atoms with E-state index in [1.54, 1.807) is 31.2 Å². The number of rotatable bonds is 7. The molecule has 0 fully saturated rings. The molecule has 1 unspecified atom stereocenters. The number of hydrogen-bond donors (Lipinski definition) is 0. The van der Waals surface area contributed by atoms with Gasteiger partial charge in [-0.05, 0) is 58.7 Å². The first-order valence-electron chi connectivity index (χ1n) is 13.3. The third kappa shape index (κ3) is 5.45. The second-order valence-corrected chi connectivity index (χ2v) is 11.5. The normalized spacial score (nSPS) is 14.7. The van der Waals surface area contributed by atoms with Gasteiger partial charge in [0.25, 0.3) is 11.2 Å². The molecule has 0 saturated carbocycles. The first-order valence-corrected chi connectivity index (χ1v) is 14.9. The number of nitro groups is 1. The third-order valence-corrected chi connectivity index (χ3v) is 8.53. The minimum Gasteiger partial charge on any atom is -0.463 e. The smallest absolute Gasteiger partial charge is 0.338 e. The van der Waals surface area contributed by atoms with Gasteiger partial charge in [-0.25, -0.2) is 14.2 Å². The van der Waals surface area contributed by atoms with E-state index in [4.69, 9.17) is 14.1 Å². The Morgan fingerprint density at radius 1 is 1.14 bits per heavy atom. The average molecular weight is 675 g/mol. The molecule has 12 heteroatoms. The largest absolute Gasteiger partial charge is 0.463 e. The first kappa shape index (κ1) is 29.1. The number of thiazole rings is 1. The molecule has 3 aromatic carbocycles. The van der Waals surface area contributed by atoms with Crippen LogP contribution < -0.4 is 14.9 Å². The molecular formula is C32H21BrFN3O6S. The number of carbonyl (C=O) groups excluding carboxylic acids is 1. The topological polar surface area (TPSA) is 117 Å². The Morgan fingerprint density at radius 3 is 2.57 bits per heavy atom. The summed E-state index contributed by atoms with van der Waals surface area (Å²) in [6.45, 7) is 1.80. The Morgan fingerprint density at radius 2 is 1.89 bits per heavy atom. The van der Waals surface area contributed by atoms with Crippen LogP contribution in [0.2, 0.25) is 0 Å². The van der Waals surface area contributed by atoms with Crippen molar-refractivity contribution in [1.29, 1.82) is 0 Å². The molecule has 0 bridgehead atoms. The zero-order valence-electron chi connectivity index (χ0n) is 22.9. The van der Waals surface area contributed by atoms with Crippen molar-refractivity contribution in [1.82, 2.24) is 4.57 Å². The molecule has 6 rings (SSSR count). The number of hydrogen-bond acceptors (Lipinski definition) is 8. The van der Waals surface area contributed by atoms with E-state index in [1.807, 2.05) is 30.3 Å². The van der Waals surface area contributed by atoms with Crippen molar-refractivity contribution in [2.24, 2.45) is 4.99 Å². The maximum absolute atomic E-state index is 14.0. The Hall–Kier alpha value is -4.94. The number of ether oxygens (including phenoxy) is 1. The highest BCUT2D eigenvalue weighted by Crippen LogP contribution is 2.36. The van der Waals surface area contributed by atoms with Crippen LogP contribution in [0.5, 0.6) is 0 Å². The number of halogens is 2. The molecule has 3 heterocycles. The molecule has 5 aromatic rings. The van der Waals surface area contributed by atoms with Gasteiger partial charge in [-0.1, -0.05) is 53.8 Å². The van der Waals surface area contributed by atoms with Crippen LogP contribution in [0.15, 0.2) is 109 Å². The summed E-state index contributed by atoms with van der Waals surface area (Å²) < 4.78 is 27.6. The lowest BCUT2D eigenvalue weighted by Crippen LogP contribution is -2.40. The van der Waals surface area contributed by atoms with Crippen LogP contribution in [0, 0.1) is 15.9 Å². The van der Waals surface area contributed by atoms with Crippen molar-refractivity contribution in [3.8, 4) is 11.3 Å². The summed E-state index contributed by atoms with van der Waals surface area (Å²) in [5.74, 6) is -0.296. The fraction of sp³-hybridized carbons (Fsp3) is 0.0938. The van der Waals surface area contributed by atoms with E-state index in [0.717, 1.165) is 11.3 Å². The molecule has 0 aliphatic carbocycles. The van der Waals surface area contributed by atoms with Gasteiger partial charge in [-0.15, -0.1) is 0 Å². The number of aromatic nitrogens is 1. The average Bonchev–Trinajstić information content (AvgIpc) is 3.61. The monoisotopic (exact) mass is 673 g/mol. The van der Waals surface area contributed by atoms with E-state index in [-0.39, 0.29) is 22.4 Å². The van der Waals surface area contributed by atoms with E-state index >= 15 is 0 Å². The number of benzene rings is 3. The predicted molar refractivity (Wildman–Crippen MR) is 166 cm³/mol. The van der Waals surface area contributed by atoms with Gasteiger partial charge in [-0.3, -0.25) is 19.5 Å². The zero-order valence-corrected chi connectivity index (χ0v) is 25.3. The fourth-order valence-electron chi connectivity index (χ4n) is 4.92. The highest BCUT2D eigenvalue weighted by atomic mass is 79.9. The van der Waals surface area contributed by atoms with E-state index in [1.165, 1.54) is 41.0 Å². The molecule has 0 N–H and O–H groups in total. The second kappa shape index (κ2) is 12.0. The molecule has 44 heavy (non-hydrogen) atoms. The summed E-state index contributed by atoms with van der Waals surface area (Å²) >= 11 is 4.48. The van der Waals surface area contributed by atoms with Crippen LogP contribution in [0.4, 0.5) is 10.1 Å². The highest BCUT2D eigenvalue weighted by molar-refractivity contribution is 9.10. The molecule has 1 aliphatic heterocycles. The number of nitro benzene ring substituents is 1. The molecule has 1 aliphatic rings. The van der Waals surface area contributed by atoms with Crippen LogP contribution in [-0.2, 0) is 9.53 Å². The number of esters is 1. The first-order chi connectivity index (χ1) is 21.2. The highest BCUT2D eigenvalue weighted by Gasteiger charge is 2.35. The van der Waals surface area contributed by atoms with Crippen LogP contribution in [0.1, 0.15) is 29.9 Å². The Bertz CT molecular complexity index is 2130. The summed E-state index contributed by atoms with van der Waals surface area (Å²) in [4.78, 5) is 43.2. The van der Waals surface area contributed by atoms with Crippen molar-refractivity contribution in [3.05, 3.63) is 147 Å². The molecule has 220 valence electrons. The quantitative estimate of drug-likeness (QED) is 0.119. The van der Waals surface area contributed by atoms with Gasteiger partial charge < -0.3 is 9.15 Å². The molecule has 0 spiro atoms. The standard InChI is InChI=1S/C32H21BrFN3O6S/c1-2-42-31(39)27-28(18-6-4-3-5-7-18)35-32-36(29(27)19-8-10-20(34)11-9-19)30(38)26(44-32)17-22-13-15-25(43-22)23-14-12-21(37(40)41)16-24(23)33/h3-17,29H,2H2,1H3/b26-17-. The van der Waals surface area contributed by atoms with Crippen molar-refractivity contribution in [2.45, 2.75) is 13.0 Å². The molecule has 0 amide bonds. The van der Waals surface area contributed by atoms with Crippen molar-refractivity contribution in [3.63, 3.8) is 0 Å². The second-order valence-electron chi connectivity index (χ2n) is 9.61. The summed E-state index contributed by atoms with van der Waals surface area (Å²) in [5.41, 5.74) is 1.78. The Kier molecular flexibility index (Phi) is 7.93. The van der Waals surface area contributed by atoms with Crippen LogP contribution in [0.3, 0.4) is 0 Å². The van der Waals surface area contributed by atoms with E-state index in [2.05, 4.69) is 15.9 Å². The molecule has 9 nitrogen and oxygen atoms in total. The number of non-ortho nitro benzene ring substituents is 1. The lowest BCUT2D eigenvalue weighted by molar-refractivity contribution is -0.384. The minimum atomic E-state index is -0.938. The van der Waals surface area contributed by atoms with E-state index in [9.17, 15) is 24.1 Å².